The number of aromatic hydroxyl groups is 1. The lowest BCUT2D eigenvalue weighted by Crippen LogP contribution is -2.15. The molecule has 4 nitrogen and oxygen atoms in total. The second kappa shape index (κ2) is 4.47. The topological polar surface area (TPSA) is 66.4 Å². The maximum atomic E-state index is 13.8. The van der Waals surface area contributed by atoms with Crippen LogP contribution in [0.3, 0.4) is 0 Å². The minimum absolute atomic E-state index is 0.0647. The SMILES string of the molecule is CS(=O)(=O)c1c(F)cc(C2CCCN2)c(O)c1F. The van der Waals surface area contributed by atoms with Gasteiger partial charge in [0.15, 0.2) is 21.4 Å². The van der Waals surface area contributed by atoms with Crippen molar-refractivity contribution in [1.29, 1.82) is 0 Å². The molecule has 0 aliphatic carbocycles. The third-order valence-electron chi connectivity index (χ3n) is 2.99. The number of benzene rings is 1. The fourth-order valence-electron chi connectivity index (χ4n) is 2.17. The normalized spacial score (nSPS) is 20.3. The van der Waals surface area contributed by atoms with Gasteiger partial charge in [-0.1, -0.05) is 0 Å². The molecule has 7 heteroatoms. The van der Waals surface area contributed by atoms with Gasteiger partial charge in [-0.2, -0.15) is 0 Å². The van der Waals surface area contributed by atoms with E-state index in [2.05, 4.69) is 5.32 Å². The van der Waals surface area contributed by atoms with E-state index < -0.39 is 32.1 Å². The number of phenolic OH excluding ortho intramolecular Hbond substituents is 1. The average Bonchev–Trinajstić information content (AvgIpc) is 2.74. The Morgan fingerprint density at radius 3 is 2.61 bits per heavy atom. The maximum absolute atomic E-state index is 13.8. The zero-order chi connectivity index (χ0) is 13.5. The van der Waals surface area contributed by atoms with Crippen LogP contribution in [0.2, 0.25) is 0 Å². The van der Waals surface area contributed by atoms with E-state index in [1.54, 1.807) is 0 Å². The van der Waals surface area contributed by atoms with Crippen molar-refractivity contribution in [2.45, 2.75) is 23.8 Å². The summed E-state index contributed by atoms with van der Waals surface area (Å²) < 4.78 is 50.0. The average molecular weight is 277 g/mol. The van der Waals surface area contributed by atoms with Crippen molar-refractivity contribution in [3.05, 3.63) is 23.3 Å². The Morgan fingerprint density at radius 2 is 2.11 bits per heavy atom. The summed E-state index contributed by atoms with van der Waals surface area (Å²) in [5.74, 6) is -3.38. The third kappa shape index (κ3) is 2.20. The number of hydrogen-bond acceptors (Lipinski definition) is 4. The summed E-state index contributed by atoms with van der Waals surface area (Å²) in [6, 6.07) is 0.542. The lowest BCUT2D eigenvalue weighted by Gasteiger charge is -2.15. The molecule has 2 N–H and O–H groups in total. The summed E-state index contributed by atoms with van der Waals surface area (Å²) >= 11 is 0. The first-order chi connectivity index (χ1) is 8.32. The molecule has 1 aromatic carbocycles. The lowest BCUT2D eigenvalue weighted by atomic mass is 10.0. The molecule has 1 atom stereocenters. The molecule has 0 spiro atoms. The highest BCUT2D eigenvalue weighted by Crippen LogP contribution is 2.36. The fraction of sp³-hybridized carbons (Fsp3) is 0.455. The molecule has 0 saturated carbocycles. The minimum Gasteiger partial charge on any atom is -0.505 e. The largest absolute Gasteiger partial charge is 0.505 e. The van der Waals surface area contributed by atoms with Crippen molar-refractivity contribution in [3.8, 4) is 5.75 Å². The van der Waals surface area contributed by atoms with Crippen molar-refractivity contribution in [2.75, 3.05) is 12.8 Å². The van der Waals surface area contributed by atoms with E-state index in [0.29, 0.717) is 19.2 Å². The second-order valence-corrected chi connectivity index (χ2v) is 6.31. The Bertz CT molecular complexity index is 580. The molecule has 1 aliphatic rings. The summed E-state index contributed by atoms with van der Waals surface area (Å²) in [6.07, 6.45) is 2.17. The van der Waals surface area contributed by atoms with Gasteiger partial charge in [0.1, 0.15) is 10.7 Å². The van der Waals surface area contributed by atoms with Crippen LogP contribution in [0.25, 0.3) is 0 Å². The summed E-state index contributed by atoms with van der Waals surface area (Å²) in [5.41, 5.74) is 0.0647. The van der Waals surface area contributed by atoms with Gasteiger partial charge in [-0.3, -0.25) is 0 Å². The Morgan fingerprint density at radius 1 is 1.44 bits per heavy atom. The van der Waals surface area contributed by atoms with Crippen LogP contribution in [-0.4, -0.2) is 26.3 Å². The predicted molar refractivity (Wildman–Crippen MR) is 61.1 cm³/mol. The van der Waals surface area contributed by atoms with E-state index in [9.17, 15) is 22.3 Å². The van der Waals surface area contributed by atoms with Gasteiger partial charge in [0.25, 0.3) is 0 Å². The molecule has 2 rings (SSSR count). The molecular weight excluding hydrogens is 264 g/mol. The molecule has 1 aromatic rings. The molecule has 0 aromatic heterocycles. The van der Waals surface area contributed by atoms with E-state index in [4.69, 9.17) is 0 Å². The van der Waals surface area contributed by atoms with Crippen molar-refractivity contribution in [3.63, 3.8) is 0 Å². The van der Waals surface area contributed by atoms with E-state index in [-0.39, 0.29) is 11.6 Å². The number of phenols is 1. The van der Waals surface area contributed by atoms with Crippen LogP contribution in [0.1, 0.15) is 24.4 Å². The number of halogens is 2. The molecule has 0 amide bonds. The standard InChI is InChI=1S/C11H13F2NO3S/c1-18(16,17)11-7(12)5-6(10(15)9(11)13)8-3-2-4-14-8/h5,8,14-15H,2-4H2,1H3. The molecule has 0 radical (unpaired) electrons. The van der Waals surface area contributed by atoms with Gasteiger partial charge in [-0.15, -0.1) is 0 Å². The van der Waals surface area contributed by atoms with E-state index in [1.807, 2.05) is 0 Å². The Hall–Kier alpha value is -1.21. The first-order valence-electron chi connectivity index (χ1n) is 5.46. The molecule has 1 aliphatic heterocycles. The number of rotatable bonds is 2. The van der Waals surface area contributed by atoms with Crippen LogP contribution in [0, 0.1) is 11.6 Å². The first kappa shape index (κ1) is 13.2. The Labute approximate surface area is 104 Å². The molecule has 0 bridgehead atoms. The van der Waals surface area contributed by atoms with E-state index >= 15 is 0 Å². The zero-order valence-electron chi connectivity index (χ0n) is 9.70. The van der Waals surface area contributed by atoms with Crippen LogP contribution in [0.5, 0.6) is 5.75 Å². The molecule has 1 fully saturated rings. The zero-order valence-corrected chi connectivity index (χ0v) is 10.5. The summed E-state index contributed by atoms with van der Waals surface area (Å²) in [4.78, 5) is -1.08. The smallest absolute Gasteiger partial charge is 0.186 e. The Balaban J connectivity index is 2.61. The maximum Gasteiger partial charge on any atom is 0.186 e. The molecule has 1 saturated heterocycles. The highest BCUT2D eigenvalue weighted by atomic mass is 32.2. The van der Waals surface area contributed by atoms with Crippen molar-refractivity contribution in [2.24, 2.45) is 0 Å². The van der Waals surface area contributed by atoms with E-state index in [0.717, 1.165) is 12.5 Å². The minimum atomic E-state index is -4.06. The lowest BCUT2D eigenvalue weighted by molar-refractivity contribution is 0.398. The molecular formula is C11H13F2NO3S. The molecule has 100 valence electrons. The molecule has 1 unspecified atom stereocenters. The summed E-state index contributed by atoms with van der Waals surface area (Å²) in [5, 5.41) is 12.7. The van der Waals surface area contributed by atoms with Crippen LogP contribution in [0.4, 0.5) is 8.78 Å². The number of nitrogens with one attached hydrogen (secondary N) is 1. The van der Waals surface area contributed by atoms with Gasteiger partial charge in [-0.25, -0.2) is 17.2 Å². The van der Waals surface area contributed by atoms with Gasteiger partial charge >= 0.3 is 0 Å². The van der Waals surface area contributed by atoms with Gasteiger partial charge in [-0.05, 0) is 25.5 Å². The highest BCUT2D eigenvalue weighted by Gasteiger charge is 2.29. The van der Waals surface area contributed by atoms with E-state index in [1.165, 1.54) is 0 Å². The number of hydrogen-bond donors (Lipinski definition) is 2. The van der Waals surface area contributed by atoms with Gasteiger partial charge in [0.2, 0.25) is 0 Å². The van der Waals surface area contributed by atoms with Crippen molar-refractivity contribution >= 4 is 9.84 Å². The predicted octanol–water partition coefficient (Wildman–Crippen LogP) is 1.50. The molecule has 1 heterocycles. The van der Waals surface area contributed by atoms with Crippen molar-refractivity contribution in [1.82, 2.24) is 5.32 Å². The third-order valence-corrected chi connectivity index (χ3v) is 4.10. The fourth-order valence-corrected chi connectivity index (χ4v) is 3.00. The van der Waals surface area contributed by atoms with Crippen molar-refractivity contribution < 1.29 is 22.3 Å². The van der Waals surface area contributed by atoms with Crippen LogP contribution in [-0.2, 0) is 9.84 Å². The van der Waals surface area contributed by atoms with Crippen LogP contribution in [0.15, 0.2) is 11.0 Å². The summed E-state index contributed by atoms with van der Waals surface area (Å²) in [7, 11) is -4.06. The Kier molecular flexibility index (Phi) is 3.29. The molecule has 18 heavy (non-hydrogen) atoms. The first-order valence-corrected chi connectivity index (χ1v) is 7.36. The highest BCUT2D eigenvalue weighted by molar-refractivity contribution is 7.90. The summed E-state index contributed by atoms with van der Waals surface area (Å²) in [6.45, 7) is 0.696. The van der Waals surface area contributed by atoms with Gasteiger partial charge < -0.3 is 10.4 Å². The van der Waals surface area contributed by atoms with Gasteiger partial charge in [0.05, 0.1) is 0 Å². The number of sulfone groups is 1. The van der Waals surface area contributed by atoms with Crippen LogP contribution < -0.4 is 5.32 Å². The second-order valence-electron chi connectivity index (χ2n) is 4.36. The van der Waals surface area contributed by atoms with Crippen LogP contribution >= 0.6 is 0 Å². The quantitative estimate of drug-likeness (QED) is 0.859. The van der Waals surface area contributed by atoms with Gasteiger partial charge in [0, 0.05) is 17.9 Å². The monoisotopic (exact) mass is 277 g/mol.